The Morgan fingerprint density at radius 2 is 2.05 bits per heavy atom. The Kier molecular flexibility index (Phi) is 3.91. The fourth-order valence-corrected chi connectivity index (χ4v) is 3.40. The van der Waals surface area contributed by atoms with E-state index >= 15 is 0 Å². The molecule has 0 aliphatic heterocycles. The third kappa shape index (κ3) is 2.65. The van der Waals surface area contributed by atoms with E-state index in [4.69, 9.17) is 0 Å². The van der Waals surface area contributed by atoms with E-state index in [1.54, 1.807) is 0 Å². The highest BCUT2D eigenvalue weighted by atomic mass is 15.1. The second-order valence-corrected chi connectivity index (χ2v) is 6.00. The highest BCUT2D eigenvalue weighted by Crippen LogP contribution is 2.31. The van der Waals surface area contributed by atoms with Crippen LogP contribution < -0.4 is 0 Å². The van der Waals surface area contributed by atoms with Gasteiger partial charge in [-0.15, -0.1) is 0 Å². The van der Waals surface area contributed by atoms with E-state index in [2.05, 4.69) is 39.3 Å². The first kappa shape index (κ1) is 14.1. The van der Waals surface area contributed by atoms with Crippen molar-refractivity contribution in [2.75, 3.05) is 7.05 Å². The molecule has 0 saturated heterocycles. The third-order valence-corrected chi connectivity index (χ3v) is 4.44. The van der Waals surface area contributed by atoms with Crippen molar-refractivity contribution in [2.45, 2.75) is 45.1 Å². The van der Waals surface area contributed by atoms with Crippen molar-refractivity contribution in [1.82, 2.24) is 9.55 Å². The molecule has 1 aliphatic rings. The standard InChI is InChI=1S/C18H23N3/c1-13(2)18(19-3)14-9-10-17-16(11-14)20-12-21(17)15-7-5-4-6-8-15/h9-12,15H,1,4-8H2,2-3H3. The summed E-state index contributed by atoms with van der Waals surface area (Å²) in [5, 5.41) is 0. The Hall–Kier alpha value is -1.90. The summed E-state index contributed by atoms with van der Waals surface area (Å²) in [5.41, 5.74) is 5.35. The second kappa shape index (κ2) is 5.84. The smallest absolute Gasteiger partial charge is 0.0960 e. The van der Waals surface area contributed by atoms with Gasteiger partial charge in [0.2, 0.25) is 0 Å². The van der Waals surface area contributed by atoms with Gasteiger partial charge in [-0.05, 0) is 37.5 Å². The molecule has 0 unspecified atom stereocenters. The molecule has 0 spiro atoms. The molecule has 1 heterocycles. The van der Waals surface area contributed by atoms with E-state index in [0.717, 1.165) is 22.4 Å². The van der Waals surface area contributed by atoms with Gasteiger partial charge < -0.3 is 4.57 Å². The number of fused-ring (bicyclic) bond motifs is 1. The van der Waals surface area contributed by atoms with Gasteiger partial charge in [0.1, 0.15) is 0 Å². The number of rotatable bonds is 3. The first-order valence-electron chi connectivity index (χ1n) is 7.80. The van der Waals surface area contributed by atoms with Crippen LogP contribution in [0.15, 0.2) is 41.7 Å². The van der Waals surface area contributed by atoms with E-state index in [9.17, 15) is 0 Å². The molecule has 2 aromatic rings. The first-order valence-corrected chi connectivity index (χ1v) is 7.80. The van der Waals surface area contributed by atoms with Crippen LogP contribution in [0.4, 0.5) is 0 Å². The molecule has 1 aromatic carbocycles. The largest absolute Gasteiger partial charge is 0.327 e. The van der Waals surface area contributed by atoms with Crippen molar-refractivity contribution >= 4 is 16.7 Å². The van der Waals surface area contributed by atoms with Gasteiger partial charge in [-0.3, -0.25) is 4.99 Å². The molecule has 110 valence electrons. The lowest BCUT2D eigenvalue weighted by Crippen LogP contribution is -2.11. The highest BCUT2D eigenvalue weighted by molar-refractivity contribution is 6.13. The summed E-state index contributed by atoms with van der Waals surface area (Å²) >= 11 is 0. The maximum atomic E-state index is 4.61. The van der Waals surface area contributed by atoms with Crippen molar-refractivity contribution in [3.8, 4) is 0 Å². The van der Waals surface area contributed by atoms with Crippen molar-refractivity contribution in [1.29, 1.82) is 0 Å². The van der Waals surface area contributed by atoms with E-state index in [1.807, 2.05) is 20.3 Å². The maximum absolute atomic E-state index is 4.61. The summed E-state index contributed by atoms with van der Waals surface area (Å²) in [6.07, 6.45) is 8.62. The lowest BCUT2D eigenvalue weighted by Gasteiger charge is -2.23. The summed E-state index contributed by atoms with van der Waals surface area (Å²) in [4.78, 5) is 8.95. The number of imidazole rings is 1. The molecule has 21 heavy (non-hydrogen) atoms. The van der Waals surface area contributed by atoms with E-state index in [-0.39, 0.29) is 0 Å². The molecular formula is C18H23N3. The van der Waals surface area contributed by atoms with Crippen LogP contribution in [0.3, 0.4) is 0 Å². The minimum Gasteiger partial charge on any atom is -0.327 e. The van der Waals surface area contributed by atoms with Gasteiger partial charge in [0.25, 0.3) is 0 Å². The molecule has 0 amide bonds. The van der Waals surface area contributed by atoms with E-state index in [1.165, 1.54) is 37.6 Å². The zero-order valence-corrected chi connectivity index (χ0v) is 13.0. The minimum atomic E-state index is 0.620. The van der Waals surface area contributed by atoms with Crippen molar-refractivity contribution in [3.05, 3.63) is 42.2 Å². The zero-order chi connectivity index (χ0) is 14.8. The van der Waals surface area contributed by atoms with Crippen LogP contribution in [-0.2, 0) is 0 Å². The van der Waals surface area contributed by atoms with Gasteiger partial charge >= 0.3 is 0 Å². The van der Waals surface area contributed by atoms with Gasteiger partial charge in [-0.25, -0.2) is 4.98 Å². The highest BCUT2D eigenvalue weighted by Gasteiger charge is 2.17. The topological polar surface area (TPSA) is 30.2 Å². The van der Waals surface area contributed by atoms with Gasteiger partial charge in [0.05, 0.1) is 23.1 Å². The Balaban J connectivity index is 1.99. The normalized spacial score (nSPS) is 17.3. The molecule has 0 atom stereocenters. The summed E-state index contributed by atoms with van der Waals surface area (Å²) < 4.78 is 2.36. The lowest BCUT2D eigenvalue weighted by molar-refractivity contribution is 0.359. The molecule has 1 aliphatic carbocycles. The van der Waals surface area contributed by atoms with Crippen molar-refractivity contribution in [2.24, 2.45) is 4.99 Å². The van der Waals surface area contributed by atoms with E-state index in [0.29, 0.717) is 6.04 Å². The fourth-order valence-electron chi connectivity index (χ4n) is 3.40. The van der Waals surface area contributed by atoms with Gasteiger partial charge in [0, 0.05) is 18.7 Å². The molecule has 3 nitrogen and oxygen atoms in total. The molecule has 1 aromatic heterocycles. The molecular weight excluding hydrogens is 258 g/mol. The van der Waals surface area contributed by atoms with Crippen LogP contribution in [0.1, 0.15) is 50.6 Å². The van der Waals surface area contributed by atoms with E-state index < -0.39 is 0 Å². The Labute approximate surface area is 126 Å². The van der Waals surface area contributed by atoms with Gasteiger partial charge in [0.15, 0.2) is 0 Å². The number of hydrogen-bond acceptors (Lipinski definition) is 2. The summed E-state index contributed by atoms with van der Waals surface area (Å²) in [6.45, 7) is 6.00. The Bertz CT molecular complexity index is 688. The molecule has 1 fully saturated rings. The summed E-state index contributed by atoms with van der Waals surface area (Å²) in [6, 6.07) is 7.07. The predicted molar refractivity (Wildman–Crippen MR) is 89.1 cm³/mol. The third-order valence-electron chi connectivity index (χ3n) is 4.44. The van der Waals surface area contributed by atoms with Crippen molar-refractivity contribution in [3.63, 3.8) is 0 Å². The van der Waals surface area contributed by atoms with Crippen LogP contribution in [0, 0.1) is 0 Å². The number of aliphatic imine (C=N–C) groups is 1. The number of nitrogens with zero attached hydrogens (tertiary/aromatic N) is 3. The van der Waals surface area contributed by atoms with Gasteiger partial charge in [-0.1, -0.05) is 31.9 Å². The molecule has 0 radical (unpaired) electrons. The van der Waals surface area contributed by atoms with Gasteiger partial charge in [-0.2, -0.15) is 0 Å². The lowest BCUT2D eigenvalue weighted by atomic mass is 9.95. The summed E-state index contributed by atoms with van der Waals surface area (Å²) in [5.74, 6) is 0. The monoisotopic (exact) mass is 281 g/mol. The maximum Gasteiger partial charge on any atom is 0.0960 e. The minimum absolute atomic E-state index is 0.620. The van der Waals surface area contributed by atoms with Crippen LogP contribution in [0.25, 0.3) is 11.0 Å². The molecule has 3 rings (SSSR count). The molecule has 0 bridgehead atoms. The number of benzene rings is 1. The SMILES string of the molecule is C=C(C)C(=NC)c1ccc2c(c1)ncn2C1CCCCC1. The molecule has 3 heteroatoms. The van der Waals surface area contributed by atoms with Crippen LogP contribution in [-0.4, -0.2) is 22.3 Å². The second-order valence-electron chi connectivity index (χ2n) is 6.00. The zero-order valence-electron chi connectivity index (χ0n) is 13.0. The number of allylic oxidation sites excluding steroid dienone is 1. The number of hydrogen-bond donors (Lipinski definition) is 0. The summed E-state index contributed by atoms with van der Waals surface area (Å²) in [7, 11) is 1.81. The quantitative estimate of drug-likeness (QED) is 0.760. The Morgan fingerprint density at radius 1 is 1.29 bits per heavy atom. The van der Waals surface area contributed by atoms with Crippen LogP contribution in [0.2, 0.25) is 0 Å². The first-order chi connectivity index (χ1) is 10.2. The average molecular weight is 281 g/mol. The van der Waals surface area contributed by atoms with Crippen molar-refractivity contribution < 1.29 is 0 Å². The average Bonchev–Trinajstić information content (AvgIpc) is 2.91. The van der Waals surface area contributed by atoms with Crippen LogP contribution >= 0.6 is 0 Å². The Morgan fingerprint density at radius 3 is 2.71 bits per heavy atom. The number of aromatic nitrogens is 2. The molecule has 0 N–H and O–H groups in total. The fraction of sp³-hybridized carbons (Fsp3) is 0.444. The van der Waals surface area contributed by atoms with Crippen LogP contribution in [0.5, 0.6) is 0 Å². The molecule has 1 saturated carbocycles. The predicted octanol–water partition coefficient (Wildman–Crippen LogP) is 4.54.